The molecule has 46 valence electrons. The number of halogens is 1. The molecule has 2 nitrogen and oxygen atoms in total. The molecule has 0 aromatic carbocycles. The molecule has 8 heavy (non-hydrogen) atoms. The molecule has 1 N–H and O–H groups in total. The fraction of sp³-hybridized carbons (Fsp3) is 0.800. The van der Waals surface area contributed by atoms with Crippen LogP contribution in [-0.4, -0.2) is 10.4 Å². The normalized spacial score (nSPS) is 22.2. The second kappa shape index (κ2) is 1.72. The van der Waals surface area contributed by atoms with Crippen LogP contribution in [0.5, 0.6) is 0 Å². The average molecular weight is 178 g/mol. The van der Waals surface area contributed by atoms with E-state index in [-0.39, 0.29) is 10.4 Å². The largest absolute Gasteiger partial charge is 0.341 e. The molecule has 1 amide bonds. The van der Waals surface area contributed by atoms with Crippen molar-refractivity contribution in [2.24, 2.45) is 0 Å². The maximum absolute atomic E-state index is 10.4. The van der Waals surface area contributed by atoms with Gasteiger partial charge in [0.25, 0.3) is 0 Å². The first-order chi connectivity index (χ1) is 3.62. The third kappa shape index (κ3) is 1.47. The molecule has 0 spiro atoms. The van der Waals surface area contributed by atoms with E-state index >= 15 is 0 Å². The lowest BCUT2D eigenvalue weighted by Crippen LogP contribution is -2.29. The highest BCUT2D eigenvalue weighted by molar-refractivity contribution is 9.10. The summed E-state index contributed by atoms with van der Waals surface area (Å²) in [6.45, 7) is 1.53. The lowest BCUT2D eigenvalue weighted by molar-refractivity contribution is -0.119. The Morgan fingerprint density at radius 2 is 2.25 bits per heavy atom. The van der Waals surface area contributed by atoms with Crippen LogP contribution >= 0.6 is 15.9 Å². The van der Waals surface area contributed by atoms with Gasteiger partial charge < -0.3 is 5.32 Å². The summed E-state index contributed by atoms with van der Waals surface area (Å²) < 4.78 is -0.0150. The van der Waals surface area contributed by atoms with Gasteiger partial charge >= 0.3 is 0 Å². The van der Waals surface area contributed by atoms with Crippen LogP contribution in [0.2, 0.25) is 0 Å². The second-order valence-electron chi connectivity index (χ2n) is 2.15. The zero-order valence-corrected chi connectivity index (χ0v) is 6.29. The van der Waals surface area contributed by atoms with Gasteiger partial charge in [-0.1, -0.05) is 15.9 Å². The molecule has 0 aliphatic heterocycles. The van der Waals surface area contributed by atoms with Crippen molar-refractivity contribution in [1.82, 2.24) is 5.32 Å². The molecule has 1 fully saturated rings. The molecular weight excluding hydrogens is 170 g/mol. The third-order valence-corrected chi connectivity index (χ3v) is 2.08. The predicted octanol–water partition coefficient (Wildman–Crippen LogP) is 1.01. The van der Waals surface area contributed by atoms with Gasteiger partial charge in [-0.3, -0.25) is 4.79 Å². The van der Waals surface area contributed by atoms with E-state index in [4.69, 9.17) is 0 Å². The second-order valence-corrected chi connectivity index (χ2v) is 3.66. The van der Waals surface area contributed by atoms with Crippen molar-refractivity contribution in [3.63, 3.8) is 0 Å². The first-order valence-corrected chi connectivity index (χ1v) is 3.39. The summed E-state index contributed by atoms with van der Waals surface area (Å²) in [4.78, 5) is 10.4. The lowest BCUT2D eigenvalue weighted by atomic mass is 10.6. The van der Waals surface area contributed by atoms with Crippen LogP contribution in [0, 0.1) is 0 Å². The van der Waals surface area contributed by atoms with Crippen molar-refractivity contribution < 1.29 is 4.79 Å². The van der Waals surface area contributed by atoms with E-state index in [1.807, 2.05) is 0 Å². The van der Waals surface area contributed by atoms with Crippen LogP contribution in [0.3, 0.4) is 0 Å². The number of hydrogen-bond acceptors (Lipinski definition) is 1. The SMILES string of the molecule is CC(=O)NC1(Br)CC1. The van der Waals surface area contributed by atoms with Crippen molar-refractivity contribution >= 4 is 21.8 Å². The summed E-state index contributed by atoms with van der Waals surface area (Å²) >= 11 is 3.36. The van der Waals surface area contributed by atoms with Crippen LogP contribution < -0.4 is 5.32 Å². The topological polar surface area (TPSA) is 29.1 Å². The maximum Gasteiger partial charge on any atom is 0.217 e. The fourth-order valence-corrected chi connectivity index (χ4v) is 1.03. The van der Waals surface area contributed by atoms with Gasteiger partial charge in [0.2, 0.25) is 5.91 Å². The predicted molar refractivity (Wildman–Crippen MR) is 34.7 cm³/mol. The smallest absolute Gasteiger partial charge is 0.217 e. The molecule has 0 saturated heterocycles. The summed E-state index contributed by atoms with van der Waals surface area (Å²) in [5.41, 5.74) is 0. The quantitative estimate of drug-likeness (QED) is 0.471. The van der Waals surface area contributed by atoms with E-state index < -0.39 is 0 Å². The Morgan fingerprint density at radius 1 is 1.75 bits per heavy atom. The molecule has 0 bridgehead atoms. The van der Waals surface area contributed by atoms with Crippen molar-refractivity contribution in [2.75, 3.05) is 0 Å². The Morgan fingerprint density at radius 3 is 2.38 bits per heavy atom. The molecule has 0 heterocycles. The summed E-state index contributed by atoms with van der Waals surface area (Å²) in [5, 5.41) is 2.77. The lowest BCUT2D eigenvalue weighted by Gasteiger charge is -2.04. The molecule has 0 aromatic rings. The molecule has 1 aliphatic carbocycles. The molecule has 1 rings (SSSR count). The van der Waals surface area contributed by atoms with Gasteiger partial charge in [-0.25, -0.2) is 0 Å². The highest BCUT2D eigenvalue weighted by atomic mass is 79.9. The van der Waals surface area contributed by atoms with Crippen LogP contribution in [0.15, 0.2) is 0 Å². The van der Waals surface area contributed by atoms with Gasteiger partial charge in [0.15, 0.2) is 0 Å². The van der Waals surface area contributed by atoms with E-state index in [2.05, 4.69) is 21.2 Å². The molecule has 1 saturated carbocycles. The highest BCUT2D eigenvalue weighted by Gasteiger charge is 2.40. The van der Waals surface area contributed by atoms with E-state index in [9.17, 15) is 4.79 Å². The molecular formula is C5H8BrNO. The van der Waals surface area contributed by atoms with Gasteiger partial charge in [0, 0.05) is 6.92 Å². The molecule has 1 aliphatic rings. The highest BCUT2D eigenvalue weighted by Crippen LogP contribution is 2.41. The Bertz CT molecular complexity index is 120. The van der Waals surface area contributed by atoms with Crippen molar-refractivity contribution in [2.45, 2.75) is 24.2 Å². The van der Waals surface area contributed by atoms with Gasteiger partial charge in [-0.2, -0.15) is 0 Å². The fourth-order valence-electron chi connectivity index (χ4n) is 0.550. The van der Waals surface area contributed by atoms with Crippen LogP contribution in [-0.2, 0) is 4.79 Å². The molecule has 0 atom stereocenters. The van der Waals surface area contributed by atoms with Crippen molar-refractivity contribution in [3.05, 3.63) is 0 Å². The Balaban J connectivity index is 2.29. The Labute approximate surface area is 56.8 Å². The first kappa shape index (κ1) is 6.08. The van der Waals surface area contributed by atoms with Gasteiger partial charge in [0.05, 0.1) is 4.45 Å². The summed E-state index contributed by atoms with van der Waals surface area (Å²) in [6.07, 6.45) is 2.12. The maximum atomic E-state index is 10.4. The van der Waals surface area contributed by atoms with E-state index in [1.54, 1.807) is 0 Å². The standard InChI is InChI=1S/C5H8BrNO/c1-4(8)7-5(6)2-3-5/h2-3H2,1H3,(H,7,8). The van der Waals surface area contributed by atoms with Gasteiger partial charge in [-0.05, 0) is 12.8 Å². The molecule has 0 radical (unpaired) electrons. The number of alkyl halides is 1. The number of rotatable bonds is 1. The van der Waals surface area contributed by atoms with Crippen molar-refractivity contribution in [1.29, 1.82) is 0 Å². The van der Waals surface area contributed by atoms with E-state index in [1.165, 1.54) is 6.92 Å². The Kier molecular flexibility index (Phi) is 1.31. The molecule has 3 heteroatoms. The first-order valence-electron chi connectivity index (χ1n) is 2.60. The monoisotopic (exact) mass is 177 g/mol. The third-order valence-electron chi connectivity index (χ3n) is 1.09. The van der Waals surface area contributed by atoms with E-state index in [0.29, 0.717) is 0 Å². The van der Waals surface area contributed by atoms with Gasteiger partial charge in [-0.15, -0.1) is 0 Å². The summed E-state index contributed by atoms with van der Waals surface area (Å²) in [5.74, 6) is 0.0411. The average Bonchev–Trinajstić information content (AvgIpc) is 2.17. The molecule has 0 unspecified atom stereocenters. The zero-order valence-electron chi connectivity index (χ0n) is 4.70. The van der Waals surface area contributed by atoms with Crippen molar-refractivity contribution in [3.8, 4) is 0 Å². The minimum absolute atomic E-state index is 0.0150. The number of amides is 1. The van der Waals surface area contributed by atoms with Crippen LogP contribution in [0.1, 0.15) is 19.8 Å². The van der Waals surface area contributed by atoms with Crippen LogP contribution in [0.4, 0.5) is 0 Å². The molecule has 0 aromatic heterocycles. The number of carbonyl (C=O) groups excluding carboxylic acids is 1. The zero-order chi connectivity index (χ0) is 6.20. The van der Waals surface area contributed by atoms with Gasteiger partial charge in [0.1, 0.15) is 0 Å². The van der Waals surface area contributed by atoms with E-state index in [0.717, 1.165) is 12.8 Å². The number of nitrogens with one attached hydrogen (secondary N) is 1. The minimum Gasteiger partial charge on any atom is -0.341 e. The Hall–Kier alpha value is -0.0500. The summed E-state index contributed by atoms with van der Waals surface area (Å²) in [7, 11) is 0. The number of carbonyl (C=O) groups is 1. The minimum atomic E-state index is -0.0150. The summed E-state index contributed by atoms with van der Waals surface area (Å²) in [6, 6.07) is 0. The number of hydrogen-bond donors (Lipinski definition) is 1. The van der Waals surface area contributed by atoms with Crippen LogP contribution in [0.25, 0.3) is 0 Å².